The monoisotopic (exact) mass is 841 g/mol. The van der Waals surface area contributed by atoms with E-state index in [0.29, 0.717) is 42.1 Å². The minimum atomic E-state index is -3.87. The fraction of sp³-hybridized carbons (Fsp3) is 0.600. The number of ether oxygens (including phenoxy) is 1. The molecule has 1 amide bonds. The molecule has 60 heavy (non-hydrogen) atoms. The zero-order valence-electron chi connectivity index (χ0n) is 36.0. The summed E-state index contributed by atoms with van der Waals surface area (Å²) in [7, 11) is -3.87. The second-order valence-corrected chi connectivity index (χ2v) is 21.3. The van der Waals surface area contributed by atoms with E-state index < -0.39 is 19.5 Å². The summed E-state index contributed by atoms with van der Waals surface area (Å²) in [5, 5.41) is 25.3. The number of nitrogens with one attached hydrogen (secondary N) is 1. The summed E-state index contributed by atoms with van der Waals surface area (Å²) in [5.41, 5.74) is 2.85. The van der Waals surface area contributed by atoms with Crippen molar-refractivity contribution >= 4 is 19.5 Å². The SMILES string of the molecule is CC(CCNC(=O)CCC(CP(=O)(OCc1ccccc1)OCc1ccccc1)C(=O)OCc1ccccc1)[C@H]1CCC2C3C(CC[C@@]21C)[C@@]1(C)CC[C@@H](O)CC1C[C@@H]3O. The smallest absolute Gasteiger partial charge is 0.332 e. The van der Waals surface area contributed by atoms with E-state index in [9.17, 15) is 24.4 Å². The molecule has 0 heterocycles. The average molecular weight is 842 g/mol. The standard InChI is InChI=1S/C50H68NO8P/c1-35(42-20-21-43-47-44(24-27-50(42,43)3)49(2)26-23-41(52)29-40(49)30-45(47)53)25-28-51-46(54)22-19-39(48(55)57-31-36-13-7-4-8-14-36)34-60(56,58-32-37-15-9-5-10-16-37)59-33-38-17-11-6-12-18-38/h4-18,35,39-45,47,52-53H,19-34H2,1-3H3,(H,51,54)/t35?,39?,40?,41-,42-,43?,44?,45+,47?,49+,50-/m1/s1. The fourth-order valence-corrected chi connectivity index (χ4v) is 14.1. The highest BCUT2D eigenvalue weighted by molar-refractivity contribution is 7.53. The first-order chi connectivity index (χ1) is 28.9. The second kappa shape index (κ2) is 19.8. The summed E-state index contributed by atoms with van der Waals surface area (Å²) in [4.78, 5) is 27.2. The molecule has 7 rings (SSSR count). The van der Waals surface area contributed by atoms with Gasteiger partial charge in [-0.2, -0.15) is 0 Å². The quantitative estimate of drug-likeness (QED) is 0.0853. The van der Waals surface area contributed by atoms with Gasteiger partial charge in [-0.15, -0.1) is 0 Å². The molecule has 4 aliphatic carbocycles. The van der Waals surface area contributed by atoms with Crippen LogP contribution in [-0.2, 0) is 47.8 Å². The molecular formula is C50H68NO8P. The third-order valence-electron chi connectivity index (χ3n) is 15.6. The molecule has 0 radical (unpaired) electrons. The van der Waals surface area contributed by atoms with Crippen molar-refractivity contribution in [2.24, 2.45) is 52.3 Å². The molecule has 4 fully saturated rings. The maximum Gasteiger partial charge on any atom is 0.332 e. The Morgan fingerprint density at radius 3 is 1.93 bits per heavy atom. The Hall–Kier alpha value is -3.33. The first-order valence-electron chi connectivity index (χ1n) is 22.7. The van der Waals surface area contributed by atoms with E-state index in [1.165, 1.54) is 6.42 Å². The Kier molecular flexibility index (Phi) is 14.8. The minimum Gasteiger partial charge on any atom is -0.461 e. The van der Waals surface area contributed by atoms with Gasteiger partial charge in [0.05, 0.1) is 37.5 Å². The number of aliphatic hydroxyl groups excluding tert-OH is 2. The van der Waals surface area contributed by atoms with Crippen molar-refractivity contribution in [3.63, 3.8) is 0 Å². The Labute approximate surface area is 357 Å². The van der Waals surface area contributed by atoms with Crippen LogP contribution in [0.2, 0.25) is 0 Å². The summed E-state index contributed by atoms with van der Waals surface area (Å²) in [6.07, 6.45) is 8.52. The van der Waals surface area contributed by atoms with Gasteiger partial charge < -0.3 is 29.3 Å². The van der Waals surface area contributed by atoms with Crippen LogP contribution < -0.4 is 5.32 Å². The highest BCUT2D eigenvalue weighted by atomic mass is 31.2. The summed E-state index contributed by atoms with van der Waals surface area (Å²) < 4.78 is 32.4. The van der Waals surface area contributed by atoms with Crippen LogP contribution in [0.3, 0.4) is 0 Å². The lowest BCUT2D eigenvalue weighted by molar-refractivity contribution is -0.174. The fourth-order valence-electron chi connectivity index (χ4n) is 12.2. The van der Waals surface area contributed by atoms with Crippen LogP contribution in [0.25, 0.3) is 0 Å². The van der Waals surface area contributed by atoms with Crippen LogP contribution in [0.1, 0.15) is 108 Å². The zero-order chi connectivity index (χ0) is 42.3. The van der Waals surface area contributed by atoms with Crippen LogP contribution in [0.15, 0.2) is 91.0 Å². The van der Waals surface area contributed by atoms with Crippen molar-refractivity contribution in [2.75, 3.05) is 12.7 Å². The van der Waals surface area contributed by atoms with E-state index in [1.54, 1.807) is 0 Å². The lowest BCUT2D eigenvalue weighted by atomic mass is 9.43. The normalized spacial score (nSPS) is 30.9. The Morgan fingerprint density at radius 1 is 0.750 bits per heavy atom. The van der Waals surface area contributed by atoms with Crippen molar-refractivity contribution < 1.29 is 38.2 Å². The first-order valence-corrected chi connectivity index (χ1v) is 24.4. The maximum absolute atomic E-state index is 14.5. The third kappa shape index (κ3) is 10.5. The van der Waals surface area contributed by atoms with Crippen LogP contribution in [-0.4, -0.2) is 47.0 Å². The van der Waals surface area contributed by atoms with Gasteiger partial charge >= 0.3 is 13.6 Å². The van der Waals surface area contributed by atoms with Crippen LogP contribution in [0, 0.1) is 52.3 Å². The van der Waals surface area contributed by atoms with Crippen LogP contribution >= 0.6 is 7.60 Å². The summed E-state index contributed by atoms with van der Waals surface area (Å²) in [6.45, 7) is 7.96. The Balaban J connectivity index is 0.958. The van der Waals surface area contributed by atoms with Crippen LogP contribution in [0.5, 0.6) is 0 Å². The third-order valence-corrected chi connectivity index (χ3v) is 17.5. The van der Waals surface area contributed by atoms with E-state index in [1.807, 2.05) is 91.0 Å². The van der Waals surface area contributed by atoms with Gasteiger partial charge in [-0.05, 0) is 127 Å². The van der Waals surface area contributed by atoms with Crippen LogP contribution in [0.4, 0.5) is 0 Å². The summed E-state index contributed by atoms with van der Waals surface area (Å²) in [5.74, 6) is 1.08. The van der Waals surface area contributed by atoms with E-state index in [2.05, 4.69) is 26.1 Å². The Bertz CT molecular complexity index is 1850. The van der Waals surface area contributed by atoms with Gasteiger partial charge in [0, 0.05) is 13.0 Å². The van der Waals surface area contributed by atoms with E-state index in [4.69, 9.17) is 13.8 Å². The van der Waals surface area contributed by atoms with Gasteiger partial charge in [-0.3, -0.25) is 14.2 Å². The molecule has 0 aromatic heterocycles. The number of hydrogen-bond donors (Lipinski definition) is 3. The molecule has 11 atom stereocenters. The molecule has 3 N–H and O–H groups in total. The van der Waals surface area contributed by atoms with Crippen molar-refractivity contribution in [1.29, 1.82) is 0 Å². The highest BCUT2D eigenvalue weighted by Crippen LogP contribution is 2.68. The van der Waals surface area contributed by atoms with E-state index in [0.717, 1.165) is 68.1 Å². The van der Waals surface area contributed by atoms with Crippen molar-refractivity contribution in [2.45, 2.75) is 123 Å². The Morgan fingerprint density at radius 2 is 1.32 bits per heavy atom. The average Bonchev–Trinajstić information content (AvgIpc) is 3.62. The van der Waals surface area contributed by atoms with Gasteiger partial charge in [0.2, 0.25) is 5.91 Å². The lowest BCUT2D eigenvalue weighted by Crippen LogP contribution is -2.58. The molecule has 0 aliphatic heterocycles. The summed E-state index contributed by atoms with van der Waals surface area (Å²) >= 11 is 0. The molecule has 4 saturated carbocycles. The molecule has 3 aromatic rings. The van der Waals surface area contributed by atoms with Gasteiger partial charge in [0.1, 0.15) is 6.61 Å². The summed E-state index contributed by atoms with van der Waals surface area (Å²) in [6, 6.07) is 28.3. The van der Waals surface area contributed by atoms with E-state index >= 15 is 0 Å². The van der Waals surface area contributed by atoms with Crippen molar-refractivity contribution in [3.05, 3.63) is 108 Å². The largest absolute Gasteiger partial charge is 0.461 e. The van der Waals surface area contributed by atoms with E-state index in [-0.39, 0.29) is 67.8 Å². The number of amides is 1. The predicted octanol–water partition coefficient (Wildman–Crippen LogP) is 9.89. The molecule has 326 valence electrons. The van der Waals surface area contributed by atoms with Gasteiger partial charge in [0.15, 0.2) is 0 Å². The number of esters is 1. The number of rotatable bonds is 18. The number of benzene rings is 3. The first kappa shape index (κ1) is 44.7. The molecule has 4 aliphatic rings. The molecule has 0 bridgehead atoms. The molecule has 0 saturated heterocycles. The molecular weight excluding hydrogens is 774 g/mol. The number of carbonyl (C=O) groups is 2. The number of aliphatic hydroxyl groups is 2. The number of fused-ring (bicyclic) bond motifs is 5. The highest BCUT2D eigenvalue weighted by Gasteiger charge is 2.62. The molecule has 0 spiro atoms. The van der Waals surface area contributed by atoms with Gasteiger partial charge in [-0.1, -0.05) is 112 Å². The zero-order valence-corrected chi connectivity index (χ0v) is 36.9. The topological polar surface area (TPSA) is 131 Å². The maximum atomic E-state index is 14.5. The number of carbonyl (C=O) groups excluding carboxylic acids is 2. The second-order valence-electron chi connectivity index (χ2n) is 19.2. The molecule has 3 aromatic carbocycles. The van der Waals surface area contributed by atoms with Gasteiger partial charge in [0.25, 0.3) is 0 Å². The predicted molar refractivity (Wildman–Crippen MR) is 233 cm³/mol. The van der Waals surface area contributed by atoms with Crippen molar-refractivity contribution in [3.8, 4) is 0 Å². The molecule has 9 nitrogen and oxygen atoms in total. The molecule has 6 unspecified atom stereocenters. The lowest BCUT2D eigenvalue weighted by Gasteiger charge is -2.62. The molecule has 10 heteroatoms. The number of hydrogen-bond acceptors (Lipinski definition) is 8. The van der Waals surface area contributed by atoms with Gasteiger partial charge in [-0.25, -0.2) is 0 Å². The van der Waals surface area contributed by atoms with Crippen molar-refractivity contribution in [1.82, 2.24) is 5.32 Å². The minimum absolute atomic E-state index is 0.0465.